The summed E-state index contributed by atoms with van der Waals surface area (Å²) in [5, 5.41) is 3.28. The first-order valence-electron chi connectivity index (χ1n) is 7.00. The molecular formula is C15H22N2O3. The largest absolute Gasteiger partial charge is 0.493 e. The highest BCUT2D eigenvalue weighted by atomic mass is 16.5. The summed E-state index contributed by atoms with van der Waals surface area (Å²) in [4.78, 5) is 14.4. The Balaban J connectivity index is 2.21. The molecule has 1 heterocycles. The van der Waals surface area contributed by atoms with E-state index >= 15 is 0 Å². The van der Waals surface area contributed by atoms with Crippen LogP contribution in [0, 0.1) is 0 Å². The van der Waals surface area contributed by atoms with Crippen molar-refractivity contribution in [3.05, 3.63) is 23.8 Å². The van der Waals surface area contributed by atoms with E-state index < -0.39 is 0 Å². The van der Waals surface area contributed by atoms with Gasteiger partial charge < -0.3 is 19.7 Å². The summed E-state index contributed by atoms with van der Waals surface area (Å²) in [5.41, 5.74) is 0.638. The van der Waals surface area contributed by atoms with E-state index in [0.717, 1.165) is 19.6 Å². The summed E-state index contributed by atoms with van der Waals surface area (Å²) in [7, 11) is 1.58. The molecule has 1 aromatic carbocycles. The van der Waals surface area contributed by atoms with Gasteiger partial charge in [-0.3, -0.25) is 4.79 Å². The molecule has 1 saturated heterocycles. The lowest BCUT2D eigenvalue weighted by Crippen LogP contribution is -2.52. The maximum Gasteiger partial charge on any atom is 0.254 e. The van der Waals surface area contributed by atoms with Gasteiger partial charge in [-0.25, -0.2) is 0 Å². The molecule has 0 bridgehead atoms. The average molecular weight is 278 g/mol. The van der Waals surface area contributed by atoms with Crippen molar-refractivity contribution in [1.82, 2.24) is 10.2 Å². The van der Waals surface area contributed by atoms with E-state index in [1.807, 2.05) is 11.8 Å². The van der Waals surface area contributed by atoms with E-state index in [1.54, 1.807) is 25.3 Å². The van der Waals surface area contributed by atoms with Crippen molar-refractivity contribution >= 4 is 5.91 Å². The average Bonchev–Trinajstić information content (AvgIpc) is 2.48. The molecule has 0 aromatic heterocycles. The first-order valence-corrected chi connectivity index (χ1v) is 7.00. The number of hydrogen-bond acceptors (Lipinski definition) is 4. The highest BCUT2D eigenvalue weighted by molar-refractivity contribution is 5.95. The van der Waals surface area contributed by atoms with E-state index in [4.69, 9.17) is 9.47 Å². The van der Waals surface area contributed by atoms with E-state index in [2.05, 4.69) is 12.2 Å². The number of ether oxygens (including phenoxy) is 2. The van der Waals surface area contributed by atoms with Crippen LogP contribution in [0.5, 0.6) is 11.5 Å². The molecular weight excluding hydrogens is 256 g/mol. The van der Waals surface area contributed by atoms with Crippen LogP contribution in [0.1, 0.15) is 24.2 Å². The molecule has 1 N–H and O–H groups in total. The van der Waals surface area contributed by atoms with Crippen molar-refractivity contribution < 1.29 is 14.3 Å². The molecule has 0 spiro atoms. The maximum absolute atomic E-state index is 12.5. The molecule has 0 aliphatic carbocycles. The van der Waals surface area contributed by atoms with Crippen LogP contribution in [0.25, 0.3) is 0 Å². The van der Waals surface area contributed by atoms with E-state index in [-0.39, 0.29) is 11.9 Å². The summed E-state index contributed by atoms with van der Waals surface area (Å²) >= 11 is 0. The number of benzene rings is 1. The predicted octanol–water partition coefficient (Wildman–Crippen LogP) is 1.53. The third kappa shape index (κ3) is 3.04. The van der Waals surface area contributed by atoms with Gasteiger partial charge in [0.2, 0.25) is 0 Å². The van der Waals surface area contributed by atoms with Gasteiger partial charge in [0.25, 0.3) is 5.91 Å². The van der Waals surface area contributed by atoms with Gasteiger partial charge in [0.15, 0.2) is 11.5 Å². The van der Waals surface area contributed by atoms with Crippen LogP contribution in [0.15, 0.2) is 18.2 Å². The van der Waals surface area contributed by atoms with Gasteiger partial charge in [-0.05, 0) is 32.0 Å². The number of nitrogens with one attached hydrogen (secondary N) is 1. The minimum Gasteiger partial charge on any atom is -0.493 e. The van der Waals surface area contributed by atoms with Crippen LogP contribution in [0.4, 0.5) is 0 Å². The molecule has 0 saturated carbocycles. The first-order chi connectivity index (χ1) is 9.67. The molecule has 1 amide bonds. The molecule has 1 aliphatic rings. The number of hydrogen-bond donors (Lipinski definition) is 1. The van der Waals surface area contributed by atoms with E-state index in [9.17, 15) is 4.79 Å². The molecule has 110 valence electrons. The van der Waals surface area contributed by atoms with Crippen molar-refractivity contribution in [2.75, 3.05) is 33.4 Å². The number of piperazine rings is 1. The number of amides is 1. The Hall–Kier alpha value is -1.75. The molecule has 2 rings (SSSR count). The molecule has 0 radical (unpaired) electrons. The quantitative estimate of drug-likeness (QED) is 0.907. The summed E-state index contributed by atoms with van der Waals surface area (Å²) in [5.74, 6) is 1.31. The summed E-state index contributed by atoms with van der Waals surface area (Å²) < 4.78 is 10.8. The lowest BCUT2D eigenvalue weighted by atomic mass is 10.1. The summed E-state index contributed by atoms with van der Waals surface area (Å²) in [6.07, 6.45) is 0. The van der Waals surface area contributed by atoms with Crippen LogP contribution < -0.4 is 14.8 Å². The lowest BCUT2D eigenvalue weighted by Gasteiger charge is -2.34. The Morgan fingerprint density at radius 2 is 2.25 bits per heavy atom. The highest BCUT2D eigenvalue weighted by Gasteiger charge is 2.24. The van der Waals surface area contributed by atoms with Crippen molar-refractivity contribution in [2.45, 2.75) is 19.9 Å². The zero-order valence-corrected chi connectivity index (χ0v) is 12.3. The zero-order valence-electron chi connectivity index (χ0n) is 12.3. The Morgan fingerprint density at radius 3 is 2.90 bits per heavy atom. The van der Waals surface area contributed by atoms with Gasteiger partial charge in [0.1, 0.15) is 0 Å². The van der Waals surface area contributed by atoms with Crippen LogP contribution in [0.3, 0.4) is 0 Å². The first kappa shape index (κ1) is 14.7. The number of nitrogens with zero attached hydrogens (tertiary/aromatic N) is 1. The zero-order chi connectivity index (χ0) is 14.5. The summed E-state index contributed by atoms with van der Waals surface area (Å²) in [6.45, 7) is 6.94. The van der Waals surface area contributed by atoms with Crippen LogP contribution in [0.2, 0.25) is 0 Å². The Labute approximate surface area is 119 Å². The third-order valence-corrected chi connectivity index (χ3v) is 3.47. The summed E-state index contributed by atoms with van der Waals surface area (Å²) in [6, 6.07) is 5.54. The van der Waals surface area contributed by atoms with Crippen molar-refractivity contribution in [3.63, 3.8) is 0 Å². The van der Waals surface area contributed by atoms with E-state index in [1.165, 1.54) is 0 Å². The SMILES string of the molecule is CCOc1ccc(C(=O)N2CCNC[C@H]2C)cc1OC. The minimum absolute atomic E-state index is 0.0420. The van der Waals surface area contributed by atoms with Crippen molar-refractivity contribution in [3.8, 4) is 11.5 Å². The maximum atomic E-state index is 12.5. The van der Waals surface area contributed by atoms with Crippen molar-refractivity contribution in [1.29, 1.82) is 0 Å². The lowest BCUT2D eigenvalue weighted by molar-refractivity contribution is 0.0655. The fourth-order valence-corrected chi connectivity index (χ4v) is 2.38. The van der Waals surface area contributed by atoms with E-state index in [0.29, 0.717) is 23.7 Å². The molecule has 1 fully saturated rings. The fourth-order valence-electron chi connectivity index (χ4n) is 2.38. The Morgan fingerprint density at radius 1 is 1.45 bits per heavy atom. The minimum atomic E-state index is 0.0420. The fraction of sp³-hybridized carbons (Fsp3) is 0.533. The smallest absolute Gasteiger partial charge is 0.254 e. The Bertz CT molecular complexity index is 476. The van der Waals surface area contributed by atoms with Gasteiger partial charge in [0, 0.05) is 31.2 Å². The highest BCUT2D eigenvalue weighted by Crippen LogP contribution is 2.28. The molecule has 1 aliphatic heterocycles. The molecule has 0 unspecified atom stereocenters. The van der Waals surface area contributed by atoms with Crippen molar-refractivity contribution in [2.24, 2.45) is 0 Å². The second-order valence-corrected chi connectivity index (χ2v) is 4.85. The topological polar surface area (TPSA) is 50.8 Å². The number of rotatable bonds is 4. The monoisotopic (exact) mass is 278 g/mol. The predicted molar refractivity (Wildman–Crippen MR) is 77.5 cm³/mol. The van der Waals surface area contributed by atoms with Crippen LogP contribution in [-0.4, -0.2) is 50.2 Å². The second kappa shape index (κ2) is 6.61. The van der Waals surface area contributed by atoms with Crippen LogP contribution >= 0.6 is 0 Å². The third-order valence-electron chi connectivity index (χ3n) is 3.47. The molecule has 20 heavy (non-hydrogen) atoms. The number of carbonyl (C=O) groups is 1. The number of methoxy groups -OCH3 is 1. The molecule has 1 atom stereocenters. The van der Waals surface area contributed by atoms with Gasteiger partial charge in [-0.2, -0.15) is 0 Å². The van der Waals surface area contributed by atoms with Gasteiger partial charge in [0.05, 0.1) is 13.7 Å². The van der Waals surface area contributed by atoms with Crippen LogP contribution in [-0.2, 0) is 0 Å². The molecule has 5 nitrogen and oxygen atoms in total. The van der Waals surface area contributed by atoms with Gasteiger partial charge >= 0.3 is 0 Å². The number of carbonyl (C=O) groups excluding carboxylic acids is 1. The standard InChI is InChI=1S/C15H22N2O3/c1-4-20-13-6-5-12(9-14(13)19-3)15(18)17-8-7-16-10-11(17)2/h5-6,9,11,16H,4,7-8,10H2,1-3H3/t11-/m1/s1. The Kier molecular flexibility index (Phi) is 4.84. The normalized spacial score (nSPS) is 18.8. The molecule has 1 aromatic rings. The molecule has 5 heteroatoms. The second-order valence-electron chi connectivity index (χ2n) is 4.85. The van der Waals surface area contributed by atoms with Gasteiger partial charge in [-0.1, -0.05) is 0 Å². The van der Waals surface area contributed by atoms with Gasteiger partial charge in [-0.15, -0.1) is 0 Å².